The van der Waals surface area contributed by atoms with Gasteiger partial charge in [0, 0.05) is 8.95 Å². The minimum Gasteiger partial charge on any atom is -0.447 e. The van der Waals surface area contributed by atoms with Gasteiger partial charge in [0.1, 0.15) is 0 Å². The Labute approximate surface area is 105 Å². The third-order valence-electron chi connectivity index (χ3n) is 1.51. The number of rotatable bonds is 2. The van der Waals surface area contributed by atoms with E-state index in [1.807, 2.05) is 12.1 Å². The molecule has 0 aliphatic rings. The Morgan fingerprint density at radius 1 is 1.40 bits per heavy atom. The summed E-state index contributed by atoms with van der Waals surface area (Å²) in [5, 5.41) is 2.64. The molecule has 5 heteroatoms. The lowest BCUT2D eigenvalue weighted by Crippen LogP contribution is -2.18. The lowest BCUT2D eigenvalue weighted by Gasteiger charge is -2.10. The summed E-state index contributed by atoms with van der Waals surface area (Å²) in [4.78, 5) is 11.3. The van der Waals surface area contributed by atoms with Crippen LogP contribution in [0.5, 0.6) is 0 Å². The van der Waals surface area contributed by atoms with Crippen molar-refractivity contribution in [3.63, 3.8) is 0 Å². The summed E-state index contributed by atoms with van der Waals surface area (Å²) in [6.07, 6.45) is -0.584. The molecule has 1 aromatic carbocycles. The van der Waals surface area contributed by atoms with Gasteiger partial charge in [-0.25, -0.2) is 4.79 Å². The van der Waals surface area contributed by atoms with Crippen LogP contribution in [-0.4, -0.2) is 12.2 Å². The maximum absolute atomic E-state index is 11.3. The first kappa shape index (κ1) is 12.5. The molecular weight excluding hydrogens is 326 g/mol. The summed E-state index contributed by atoms with van der Waals surface area (Å²) in [5.41, 5.74) is 0.676. The van der Waals surface area contributed by atoms with Gasteiger partial charge in [-0.05, 0) is 48.0 Å². The molecule has 15 heavy (non-hydrogen) atoms. The fraction of sp³-hybridized carbons (Fsp3) is 0.300. The van der Waals surface area contributed by atoms with Crippen LogP contribution >= 0.6 is 31.9 Å². The van der Waals surface area contributed by atoms with Crippen LogP contribution in [0.15, 0.2) is 27.1 Å². The smallest absolute Gasteiger partial charge is 0.411 e. The van der Waals surface area contributed by atoms with Gasteiger partial charge < -0.3 is 4.74 Å². The highest BCUT2D eigenvalue weighted by atomic mass is 79.9. The zero-order chi connectivity index (χ0) is 11.4. The van der Waals surface area contributed by atoms with Crippen molar-refractivity contribution in [3.8, 4) is 0 Å². The molecule has 0 saturated carbocycles. The van der Waals surface area contributed by atoms with E-state index in [4.69, 9.17) is 4.74 Å². The molecule has 0 saturated heterocycles. The van der Waals surface area contributed by atoms with Gasteiger partial charge in [-0.15, -0.1) is 0 Å². The first-order valence-electron chi connectivity index (χ1n) is 4.41. The molecule has 1 aromatic rings. The molecule has 0 spiro atoms. The van der Waals surface area contributed by atoms with Crippen LogP contribution in [0.2, 0.25) is 0 Å². The van der Waals surface area contributed by atoms with Crippen LogP contribution in [0.3, 0.4) is 0 Å². The fourth-order valence-corrected chi connectivity index (χ4v) is 1.65. The monoisotopic (exact) mass is 335 g/mol. The van der Waals surface area contributed by atoms with E-state index >= 15 is 0 Å². The summed E-state index contributed by atoms with van der Waals surface area (Å²) in [7, 11) is 0. The number of nitrogens with one attached hydrogen (secondary N) is 1. The number of halogens is 2. The molecule has 0 aromatic heterocycles. The zero-order valence-corrected chi connectivity index (χ0v) is 11.6. The predicted octanol–water partition coefficient (Wildman–Crippen LogP) is 4.17. The number of amides is 1. The molecule has 0 atom stereocenters. The van der Waals surface area contributed by atoms with E-state index in [0.717, 1.165) is 8.95 Å². The van der Waals surface area contributed by atoms with Gasteiger partial charge in [-0.2, -0.15) is 0 Å². The number of hydrogen-bond acceptors (Lipinski definition) is 2. The van der Waals surface area contributed by atoms with Gasteiger partial charge >= 0.3 is 6.09 Å². The first-order chi connectivity index (χ1) is 6.99. The largest absolute Gasteiger partial charge is 0.447 e. The molecule has 82 valence electrons. The van der Waals surface area contributed by atoms with Gasteiger partial charge in [-0.1, -0.05) is 15.9 Å². The second-order valence-electron chi connectivity index (χ2n) is 3.20. The minimum atomic E-state index is -0.455. The maximum atomic E-state index is 11.3. The Hall–Kier alpha value is -0.550. The molecule has 0 aliphatic carbocycles. The third kappa shape index (κ3) is 4.22. The lowest BCUT2D eigenvalue weighted by atomic mass is 10.3. The van der Waals surface area contributed by atoms with Crippen LogP contribution in [0.25, 0.3) is 0 Å². The minimum absolute atomic E-state index is 0.129. The van der Waals surface area contributed by atoms with Crippen LogP contribution < -0.4 is 5.32 Å². The van der Waals surface area contributed by atoms with E-state index in [2.05, 4.69) is 37.2 Å². The molecule has 0 fully saturated rings. The Morgan fingerprint density at radius 3 is 2.67 bits per heavy atom. The number of carbonyl (C=O) groups excluding carboxylic acids is 1. The third-order valence-corrected chi connectivity index (χ3v) is 2.69. The van der Waals surface area contributed by atoms with Crippen molar-refractivity contribution in [3.05, 3.63) is 27.1 Å². The average molecular weight is 337 g/mol. The Morgan fingerprint density at radius 2 is 2.07 bits per heavy atom. The quantitative estimate of drug-likeness (QED) is 0.880. The molecule has 0 heterocycles. The van der Waals surface area contributed by atoms with E-state index in [1.165, 1.54) is 0 Å². The predicted molar refractivity (Wildman–Crippen MR) is 67.1 cm³/mol. The summed E-state index contributed by atoms with van der Waals surface area (Å²) < 4.78 is 6.67. The molecule has 0 unspecified atom stereocenters. The highest BCUT2D eigenvalue weighted by Gasteiger charge is 2.08. The number of carbonyl (C=O) groups is 1. The van der Waals surface area contributed by atoms with Crippen molar-refractivity contribution in [2.75, 3.05) is 5.32 Å². The number of anilines is 1. The van der Waals surface area contributed by atoms with Gasteiger partial charge in [-0.3, -0.25) is 5.32 Å². The molecular formula is C10H11Br2NO2. The van der Waals surface area contributed by atoms with Crippen LogP contribution in [0, 0.1) is 0 Å². The van der Waals surface area contributed by atoms with Crippen LogP contribution in [-0.2, 0) is 4.74 Å². The van der Waals surface area contributed by atoms with Crippen molar-refractivity contribution in [2.45, 2.75) is 20.0 Å². The van der Waals surface area contributed by atoms with Crippen molar-refractivity contribution in [2.24, 2.45) is 0 Å². The van der Waals surface area contributed by atoms with E-state index < -0.39 is 6.09 Å². The van der Waals surface area contributed by atoms with Crippen molar-refractivity contribution >= 4 is 43.6 Å². The standard InChI is InChI=1S/C10H11Br2NO2/c1-6(2)15-10(14)13-9-5-7(11)3-4-8(9)12/h3-6H,1-2H3,(H,13,14). The Kier molecular flexibility index (Phi) is 4.60. The average Bonchev–Trinajstić information content (AvgIpc) is 2.10. The topological polar surface area (TPSA) is 38.3 Å². The normalized spacial score (nSPS) is 10.2. The molecule has 0 aliphatic heterocycles. The molecule has 1 rings (SSSR count). The molecule has 0 radical (unpaired) electrons. The number of hydrogen-bond donors (Lipinski definition) is 1. The van der Waals surface area contributed by atoms with E-state index in [9.17, 15) is 4.79 Å². The highest BCUT2D eigenvalue weighted by molar-refractivity contribution is 9.11. The summed E-state index contributed by atoms with van der Waals surface area (Å²) in [6.45, 7) is 3.60. The van der Waals surface area contributed by atoms with Gasteiger partial charge in [0.05, 0.1) is 11.8 Å². The zero-order valence-electron chi connectivity index (χ0n) is 8.38. The highest BCUT2D eigenvalue weighted by Crippen LogP contribution is 2.26. The van der Waals surface area contributed by atoms with Crippen molar-refractivity contribution < 1.29 is 9.53 Å². The van der Waals surface area contributed by atoms with E-state index in [-0.39, 0.29) is 6.10 Å². The number of ether oxygens (including phenoxy) is 1. The number of benzene rings is 1. The van der Waals surface area contributed by atoms with Gasteiger partial charge in [0.2, 0.25) is 0 Å². The lowest BCUT2D eigenvalue weighted by molar-refractivity contribution is 0.130. The maximum Gasteiger partial charge on any atom is 0.411 e. The SMILES string of the molecule is CC(C)OC(=O)Nc1cc(Br)ccc1Br. The first-order valence-corrected chi connectivity index (χ1v) is 6.00. The molecule has 3 nitrogen and oxygen atoms in total. The second kappa shape index (κ2) is 5.51. The molecule has 0 bridgehead atoms. The van der Waals surface area contributed by atoms with Crippen molar-refractivity contribution in [1.82, 2.24) is 0 Å². The molecule has 1 N–H and O–H groups in total. The van der Waals surface area contributed by atoms with Crippen LogP contribution in [0.1, 0.15) is 13.8 Å². The van der Waals surface area contributed by atoms with Crippen molar-refractivity contribution in [1.29, 1.82) is 0 Å². The second-order valence-corrected chi connectivity index (χ2v) is 4.97. The summed E-state index contributed by atoms with van der Waals surface area (Å²) >= 11 is 6.66. The van der Waals surface area contributed by atoms with Gasteiger partial charge in [0.15, 0.2) is 0 Å². The van der Waals surface area contributed by atoms with Crippen LogP contribution in [0.4, 0.5) is 10.5 Å². The Balaban J connectivity index is 2.71. The molecule has 1 amide bonds. The van der Waals surface area contributed by atoms with E-state index in [0.29, 0.717) is 5.69 Å². The van der Waals surface area contributed by atoms with E-state index in [1.54, 1.807) is 19.9 Å². The fourth-order valence-electron chi connectivity index (χ4n) is 0.947. The van der Waals surface area contributed by atoms with Gasteiger partial charge in [0.25, 0.3) is 0 Å². The Bertz CT molecular complexity index is 366. The summed E-state index contributed by atoms with van der Waals surface area (Å²) in [6, 6.07) is 5.52. The summed E-state index contributed by atoms with van der Waals surface area (Å²) in [5.74, 6) is 0.